The van der Waals surface area contributed by atoms with Gasteiger partial charge in [0, 0.05) is 31.7 Å². The van der Waals surface area contributed by atoms with Crippen molar-refractivity contribution in [2.45, 2.75) is 32.9 Å². The summed E-state index contributed by atoms with van der Waals surface area (Å²) in [6, 6.07) is 10.8. The third kappa shape index (κ3) is 3.87. The molecule has 0 aromatic heterocycles. The molecule has 1 aromatic rings. The Hall–Kier alpha value is -1.39. The molecule has 0 spiro atoms. The van der Waals surface area contributed by atoms with Crippen molar-refractivity contribution < 1.29 is 4.79 Å². The monoisotopic (exact) mass is 303 g/mol. The van der Waals surface area contributed by atoms with Crippen LogP contribution in [0.1, 0.15) is 32.4 Å². The van der Waals surface area contributed by atoms with Gasteiger partial charge in [0.15, 0.2) is 0 Å². The maximum absolute atomic E-state index is 13.0. The van der Waals surface area contributed by atoms with Crippen molar-refractivity contribution in [3.05, 3.63) is 35.9 Å². The normalized spacial score (nSPS) is 22.9. The van der Waals surface area contributed by atoms with Gasteiger partial charge in [0.05, 0.1) is 5.41 Å². The van der Waals surface area contributed by atoms with Crippen molar-refractivity contribution in [3.63, 3.8) is 0 Å². The predicted molar refractivity (Wildman–Crippen MR) is 90.7 cm³/mol. The molecule has 0 aliphatic carbocycles. The zero-order chi connectivity index (χ0) is 16.3. The van der Waals surface area contributed by atoms with Crippen molar-refractivity contribution >= 4 is 5.91 Å². The lowest BCUT2D eigenvalue weighted by atomic mass is 9.89. The predicted octanol–water partition coefficient (Wildman–Crippen LogP) is 2.14. The van der Waals surface area contributed by atoms with Crippen LogP contribution in [0.25, 0.3) is 0 Å². The van der Waals surface area contributed by atoms with Crippen LogP contribution in [0.3, 0.4) is 0 Å². The number of hydrogen-bond acceptors (Lipinski definition) is 3. The number of rotatable bonds is 4. The highest BCUT2D eigenvalue weighted by atomic mass is 16.2. The number of benzene rings is 1. The molecule has 2 rings (SSSR count). The number of carbonyl (C=O) groups excluding carboxylic acids is 1. The first-order chi connectivity index (χ1) is 10.3. The van der Waals surface area contributed by atoms with Crippen molar-refractivity contribution in [2.24, 2.45) is 5.41 Å². The Morgan fingerprint density at radius 1 is 1.32 bits per heavy atom. The standard InChI is InChI=1S/C18H29N3O/c1-14-11-19-16(15-9-7-6-8-10-15)12-21(14)17(22)18(2,3)13-20(4)5/h6-10,14,16,19H,11-13H2,1-5H3/t14-,16-/m1/s1. The van der Waals surface area contributed by atoms with E-state index in [1.165, 1.54) is 5.56 Å². The van der Waals surface area contributed by atoms with E-state index in [9.17, 15) is 4.79 Å². The van der Waals surface area contributed by atoms with Gasteiger partial charge in [0.25, 0.3) is 0 Å². The van der Waals surface area contributed by atoms with Gasteiger partial charge in [-0.2, -0.15) is 0 Å². The lowest BCUT2D eigenvalue weighted by Gasteiger charge is -2.43. The summed E-state index contributed by atoms with van der Waals surface area (Å²) in [6.45, 7) is 8.55. The van der Waals surface area contributed by atoms with Crippen molar-refractivity contribution in [1.82, 2.24) is 15.1 Å². The first-order valence-electron chi connectivity index (χ1n) is 8.05. The molecule has 2 atom stereocenters. The second-order valence-electron chi connectivity index (χ2n) is 7.30. The van der Waals surface area contributed by atoms with Gasteiger partial charge in [-0.15, -0.1) is 0 Å². The van der Waals surface area contributed by atoms with Gasteiger partial charge in [-0.3, -0.25) is 4.79 Å². The smallest absolute Gasteiger partial charge is 0.229 e. The van der Waals surface area contributed by atoms with E-state index in [-0.39, 0.29) is 23.4 Å². The lowest BCUT2D eigenvalue weighted by molar-refractivity contribution is -0.145. The van der Waals surface area contributed by atoms with Gasteiger partial charge >= 0.3 is 0 Å². The summed E-state index contributed by atoms with van der Waals surface area (Å²) in [4.78, 5) is 17.2. The van der Waals surface area contributed by atoms with Gasteiger partial charge in [0.1, 0.15) is 0 Å². The zero-order valence-electron chi connectivity index (χ0n) is 14.5. The Labute approximate surface area is 134 Å². The van der Waals surface area contributed by atoms with Crippen LogP contribution in [0.4, 0.5) is 0 Å². The second-order valence-corrected chi connectivity index (χ2v) is 7.30. The van der Waals surface area contributed by atoms with Crippen molar-refractivity contribution in [3.8, 4) is 0 Å². The zero-order valence-corrected chi connectivity index (χ0v) is 14.5. The number of nitrogens with zero attached hydrogens (tertiary/aromatic N) is 2. The van der Waals surface area contributed by atoms with Crippen LogP contribution in [-0.4, -0.2) is 55.5 Å². The Bertz CT molecular complexity index is 498. The summed E-state index contributed by atoms with van der Waals surface area (Å²) >= 11 is 0. The number of carbonyl (C=O) groups is 1. The Morgan fingerprint density at radius 2 is 1.95 bits per heavy atom. The molecule has 1 amide bonds. The summed E-state index contributed by atoms with van der Waals surface area (Å²) in [5, 5.41) is 3.56. The summed E-state index contributed by atoms with van der Waals surface area (Å²) < 4.78 is 0. The molecule has 0 unspecified atom stereocenters. The molecule has 1 fully saturated rings. The van der Waals surface area contributed by atoms with E-state index in [1.54, 1.807) is 0 Å². The second kappa shape index (κ2) is 6.80. The maximum Gasteiger partial charge on any atom is 0.229 e. The van der Waals surface area contributed by atoms with E-state index >= 15 is 0 Å². The minimum atomic E-state index is -0.365. The highest BCUT2D eigenvalue weighted by Crippen LogP contribution is 2.26. The number of nitrogens with one attached hydrogen (secondary N) is 1. The number of hydrogen-bond donors (Lipinski definition) is 1. The number of piperazine rings is 1. The molecular weight excluding hydrogens is 274 g/mol. The first-order valence-corrected chi connectivity index (χ1v) is 8.05. The minimum absolute atomic E-state index is 0.219. The molecule has 0 saturated carbocycles. The van der Waals surface area contributed by atoms with Crippen LogP contribution in [0.2, 0.25) is 0 Å². The topological polar surface area (TPSA) is 35.6 Å². The van der Waals surface area contributed by atoms with Crippen LogP contribution in [0.15, 0.2) is 30.3 Å². The van der Waals surface area contributed by atoms with Crippen LogP contribution >= 0.6 is 0 Å². The van der Waals surface area contributed by atoms with Gasteiger partial charge in [-0.05, 0) is 40.4 Å². The molecule has 1 aliphatic rings. The molecule has 1 saturated heterocycles. The van der Waals surface area contributed by atoms with E-state index in [0.717, 1.165) is 19.6 Å². The lowest BCUT2D eigenvalue weighted by Crippen LogP contribution is -2.57. The Morgan fingerprint density at radius 3 is 2.55 bits per heavy atom. The molecule has 4 nitrogen and oxygen atoms in total. The molecule has 1 heterocycles. The molecule has 122 valence electrons. The largest absolute Gasteiger partial charge is 0.336 e. The van der Waals surface area contributed by atoms with E-state index in [2.05, 4.69) is 46.3 Å². The Kier molecular flexibility index (Phi) is 5.24. The van der Waals surface area contributed by atoms with E-state index in [0.29, 0.717) is 0 Å². The molecule has 1 N–H and O–H groups in total. The van der Waals surface area contributed by atoms with Crippen LogP contribution in [0, 0.1) is 5.41 Å². The molecular formula is C18H29N3O. The van der Waals surface area contributed by atoms with E-state index in [1.807, 2.05) is 34.0 Å². The summed E-state index contributed by atoms with van der Waals surface area (Å²) in [5.74, 6) is 0.246. The molecule has 1 aliphatic heterocycles. The van der Waals surface area contributed by atoms with Gasteiger partial charge in [0.2, 0.25) is 5.91 Å². The summed E-state index contributed by atoms with van der Waals surface area (Å²) in [6.07, 6.45) is 0. The van der Waals surface area contributed by atoms with E-state index in [4.69, 9.17) is 0 Å². The number of amides is 1. The average Bonchev–Trinajstić information content (AvgIpc) is 2.46. The fourth-order valence-corrected chi connectivity index (χ4v) is 3.30. The van der Waals surface area contributed by atoms with Crippen LogP contribution < -0.4 is 5.32 Å². The van der Waals surface area contributed by atoms with Gasteiger partial charge in [-0.1, -0.05) is 30.3 Å². The fraction of sp³-hybridized carbons (Fsp3) is 0.611. The molecule has 0 radical (unpaired) electrons. The van der Waals surface area contributed by atoms with E-state index < -0.39 is 0 Å². The SMILES string of the molecule is C[C@@H]1CN[C@@H](c2ccccc2)CN1C(=O)C(C)(C)CN(C)C. The highest BCUT2D eigenvalue weighted by Gasteiger charge is 2.37. The average molecular weight is 303 g/mol. The quantitative estimate of drug-likeness (QED) is 0.925. The third-order valence-corrected chi connectivity index (χ3v) is 4.32. The molecule has 22 heavy (non-hydrogen) atoms. The molecule has 4 heteroatoms. The van der Waals surface area contributed by atoms with Crippen LogP contribution in [-0.2, 0) is 4.79 Å². The maximum atomic E-state index is 13.0. The van der Waals surface area contributed by atoms with Crippen molar-refractivity contribution in [1.29, 1.82) is 0 Å². The summed E-state index contributed by atoms with van der Waals surface area (Å²) in [7, 11) is 4.03. The van der Waals surface area contributed by atoms with Crippen LogP contribution in [0.5, 0.6) is 0 Å². The fourth-order valence-electron chi connectivity index (χ4n) is 3.30. The first kappa shape index (κ1) is 17.0. The third-order valence-electron chi connectivity index (χ3n) is 4.32. The summed E-state index contributed by atoms with van der Waals surface area (Å²) in [5.41, 5.74) is 0.883. The minimum Gasteiger partial charge on any atom is -0.336 e. The van der Waals surface area contributed by atoms with Crippen molar-refractivity contribution in [2.75, 3.05) is 33.7 Å². The highest BCUT2D eigenvalue weighted by molar-refractivity contribution is 5.82. The van der Waals surface area contributed by atoms with Gasteiger partial charge < -0.3 is 15.1 Å². The Balaban J connectivity index is 2.13. The molecule has 1 aromatic carbocycles. The van der Waals surface area contributed by atoms with Gasteiger partial charge in [-0.25, -0.2) is 0 Å². The molecule has 0 bridgehead atoms.